The lowest BCUT2D eigenvalue weighted by Gasteiger charge is -2.11. The van der Waals surface area contributed by atoms with Crippen molar-refractivity contribution in [1.82, 2.24) is 19.6 Å². The number of methoxy groups -OCH3 is 1. The number of benzene rings is 2. The van der Waals surface area contributed by atoms with Crippen LogP contribution in [0.5, 0.6) is 5.75 Å². The number of hydrogen-bond acceptors (Lipinski definition) is 6. The number of anilines is 1. The second-order valence-electron chi connectivity index (χ2n) is 6.74. The van der Waals surface area contributed by atoms with Crippen molar-refractivity contribution < 1.29 is 17.9 Å². The van der Waals surface area contributed by atoms with Crippen LogP contribution in [-0.4, -0.2) is 41.0 Å². The number of halogens is 1. The van der Waals surface area contributed by atoms with Gasteiger partial charge in [0.1, 0.15) is 12.4 Å². The molecule has 0 saturated heterocycles. The highest BCUT2D eigenvalue weighted by Crippen LogP contribution is 2.29. The van der Waals surface area contributed by atoms with E-state index >= 15 is 0 Å². The Balaban J connectivity index is 1.58. The van der Waals surface area contributed by atoms with Crippen LogP contribution in [0.4, 0.5) is 5.69 Å². The maximum absolute atomic E-state index is 13.0. The topological polar surface area (TPSA) is 108 Å². The van der Waals surface area contributed by atoms with Crippen LogP contribution in [0.3, 0.4) is 0 Å². The maximum Gasteiger partial charge on any atom is 0.276 e. The Hall–Kier alpha value is -3.63. The third-order valence-corrected chi connectivity index (χ3v) is 6.53. The number of carbonyl (C=O) groups is 1. The molecule has 0 aliphatic rings. The van der Waals surface area contributed by atoms with Gasteiger partial charge in [0.15, 0.2) is 5.69 Å². The summed E-state index contributed by atoms with van der Waals surface area (Å²) in [5, 5.41) is 11.4. The first-order valence-corrected chi connectivity index (χ1v) is 11.2. The third-order valence-electron chi connectivity index (χ3n) is 4.53. The van der Waals surface area contributed by atoms with E-state index in [9.17, 15) is 13.2 Å². The Bertz CT molecular complexity index is 1350. The van der Waals surface area contributed by atoms with Crippen LogP contribution in [0.25, 0.3) is 0 Å². The van der Waals surface area contributed by atoms with Crippen LogP contribution in [0.1, 0.15) is 10.5 Å². The molecule has 0 atom stereocenters. The van der Waals surface area contributed by atoms with E-state index in [2.05, 4.69) is 15.5 Å². The zero-order valence-electron chi connectivity index (χ0n) is 16.8. The first-order valence-electron chi connectivity index (χ1n) is 9.37. The van der Waals surface area contributed by atoms with E-state index in [-0.39, 0.29) is 26.9 Å². The summed E-state index contributed by atoms with van der Waals surface area (Å²) in [6.07, 6.45) is 5.08. The Labute approximate surface area is 189 Å². The van der Waals surface area contributed by atoms with Gasteiger partial charge < -0.3 is 10.1 Å². The predicted octanol–water partition coefficient (Wildman–Crippen LogP) is 3.33. The molecule has 0 bridgehead atoms. The molecule has 4 aromatic rings. The minimum atomic E-state index is -3.86. The lowest BCUT2D eigenvalue weighted by molar-refractivity contribution is 0.102. The number of carbonyl (C=O) groups excluding carboxylic acids is 1. The fraction of sp³-hybridized carbons (Fsp3) is 0.0952. The molecule has 164 valence electrons. The molecular formula is C21H18ClN5O4S. The first kappa shape index (κ1) is 21.6. The maximum atomic E-state index is 13.0. The Kier molecular flexibility index (Phi) is 5.97. The highest BCUT2D eigenvalue weighted by Gasteiger charge is 2.20. The molecular weight excluding hydrogens is 454 g/mol. The second kappa shape index (κ2) is 8.85. The number of nitrogens with zero attached hydrogens (tertiary/aromatic N) is 4. The van der Waals surface area contributed by atoms with Crippen LogP contribution >= 0.6 is 11.6 Å². The van der Waals surface area contributed by atoms with Crippen LogP contribution in [-0.2, 0) is 16.5 Å². The van der Waals surface area contributed by atoms with Crippen molar-refractivity contribution in [3.8, 4) is 5.75 Å². The van der Waals surface area contributed by atoms with Gasteiger partial charge in [-0.1, -0.05) is 11.6 Å². The molecule has 0 unspecified atom stereocenters. The van der Waals surface area contributed by atoms with Crippen molar-refractivity contribution in [3.63, 3.8) is 0 Å². The van der Waals surface area contributed by atoms with Gasteiger partial charge in [-0.15, -0.1) is 0 Å². The van der Waals surface area contributed by atoms with E-state index in [0.29, 0.717) is 11.7 Å². The van der Waals surface area contributed by atoms with Crippen molar-refractivity contribution >= 4 is 33.0 Å². The standard InChI is InChI=1S/C21H18ClN5O4S/c1-31-17-11-16(12-19(13-17)32(29,30)18-5-3-15(22)4-6-18)24-21(28)20-7-10-27(25-20)14-26-9-2-8-23-26/h2-13H,14H2,1H3,(H,24,28). The van der Waals surface area contributed by atoms with E-state index in [0.717, 1.165) is 0 Å². The number of aromatic nitrogens is 4. The average Bonchev–Trinajstić information content (AvgIpc) is 3.46. The molecule has 2 heterocycles. The molecule has 9 nitrogen and oxygen atoms in total. The molecule has 0 fully saturated rings. The summed E-state index contributed by atoms with van der Waals surface area (Å²) in [5.74, 6) is -0.216. The van der Waals surface area contributed by atoms with Gasteiger partial charge in [0.25, 0.3) is 5.91 Å². The summed E-state index contributed by atoms with van der Waals surface area (Å²) in [4.78, 5) is 12.7. The molecule has 1 amide bonds. The Morgan fingerprint density at radius 3 is 2.53 bits per heavy atom. The highest BCUT2D eigenvalue weighted by atomic mass is 35.5. The van der Waals surface area contributed by atoms with E-state index in [1.807, 2.05) is 0 Å². The van der Waals surface area contributed by atoms with Gasteiger partial charge in [-0.25, -0.2) is 8.42 Å². The lowest BCUT2D eigenvalue weighted by Crippen LogP contribution is -2.15. The fourth-order valence-electron chi connectivity index (χ4n) is 2.96. The molecule has 1 N–H and O–H groups in total. The molecule has 0 aliphatic heterocycles. The summed E-state index contributed by atoms with van der Waals surface area (Å²) in [6, 6.07) is 13.5. The summed E-state index contributed by atoms with van der Waals surface area (Å²) in [6.45, 7) is 0.350. The quantitative estimate of drug-likeness (QED) is 0.443. The fourth-order valence-corrected chi connectivity index (χ4v) is 4.40. The molecule has 0 aliphatic carbocycles. The van der Waals surface area contributed by atoms with Crippen molar-refractivity contribution in [2.24, 2.45) is 0 Å². The number of hydrogen-bond donors (Lipinski definition) is 1. The first-order chi connectivity index (χ1) is 15.3. The summed E-state index contributed by atoms with van der Waals surface area (Å²) in [7, 11) is -2.44. The summed E-state index contributed by atoms with van der Waals surface area (Å²) in [5.41, 5.74) is 0.422. The van der Waals surface area contributed by atoms with Gasteiger partial charge in [-0.2, -0.15) is 10.2 Å². The number of ether oxygens (including phenoxy) is 1. The molecule has 2 aromatic carbocycles. The number of amides is 1. The number of nitrogens with one attached hydrogen (secondary N) is 1. The molecule has 11 heteroatoms. The minimum absolute atomic E-state index is 0.0290. The summed E-state index contributed by atoms with van der Waals surface area (Å²) >= 11 is 5.86. The predicted molar refractivity (Wildman–Crippen MR) is 118 cm³/mol. The second-order valence-corrected chi connectivity index (χ2v) is 9.12. The van der Waals surface area contributed by atoms with Crippen LogP contribution < -0.4 is 10.1 Å². The third kappa shape index (κ3) is 4.66. The zero-order chi connectivity index (χ0) is 22.7. The van der Waals surface area contributed by atoms with Gasteiger partial charge in [0.05, 0.1) is 16.9 Å². The Morgan fingerprint density at radius 1 is 1.06 bits per heavy atom. The molecule has 0 spiro atoms. The van der Waals surface area contributed by atoms with E-state index in [1.54, 1.807) is 40.1 Å². The molecule has 0 saturated carbocycles. The van der Waals surface area contributed by atoms with Crippen molar-refractivity contribution in [2.45, 2.75) is 16.5 Å². The smallest absolute Gasteiger partial charge is 0.276 e. The van der Waals surface area contributed by atoms with Crippen molar-refractivity contribution in [2.75, 3.05) is 12.4 Å². The zero-order valence-corrected chi connectivity index (χ0v) is 18.4. The molecule has 32 heavy (non-hydrogen) atoms. The SMILES string of the molecule is COc1cc(NC(=O)c2ccn(Cn3cccn3)n2)cc(S(=O)(=O)c2ccc(Cl)cc2)c1. The van der Waals surface area contributed by atoms with E-state index in [4.69, 9.17) is 16.3 Å². The van der Waals surface area contributed by atoms with Gasteiger partial charge >= 0.3 is 0 Å². The minimum Gasteiger partial charge on any atom is -0.497 e. The highest BCUT2D eigenvalue weighted by molar-refractivity contribution is 7.91. The lowest BCUT2D eigenvalue weighted by atomic mass is 10.3. The van der Waals surface area contributed by atoms with Crippen molar-refractivity contribution in [3.05, 3.63) is 83.9 Å². The normalized spacial score (nSPS) is 11.3. The van der Waals surface area contributed by atoms with Crippen LogP contribution in [0.15, 0.2) is 83.0 Å². The van der Waals surface area contributed by atoms with E-state index < -0.39 is 15.7 Å². The molecule has 4 rings (SSSR count). The molecule has 0 radical (unpaired) electrons. The van der Waals surface area contributed by atoms with Gasteiger partial charge in [0.2, 0.25) is 9.84 Å². The van der Waals surface area contributed by atoms with Crippen LogP contribution in [0.2, 0.25) is 5.02 Å². The summed E-state index contributed by atoms with van der Waals surface area (Å²) < 4.78 is 34.5. The number of sulfone groups is 1. The molecule has 2 aromatic heterocycles. The Morgan fingerprint density at radius 2 is 1.84 bits per heavy atom. The van der Waals surface area contributed by atoms with Gasteiger partial charge in [-0.3, -0.25) is 14.2 Å². The monoisotopic (exact) mass is 471 g/mol. The number of rotatable bonds is 7. The van der Waals surface area contributed by atoms with Gasteiger partial charge in [-0.05, 0) is 48.5 Å². The van der Waals surface area contributed by atoms with Crippen molar-refractivity contribution in [1.29, 1.82) is 0 Å². The van der Waals surface area contributed by atoms with E-state index in [1.165, 1.54) is 49.6 Å². The average molecular weight is 472 g/mol. The van der Waals surface area contributed by atoms with Crippen LogP contribution in [0, 0.1) is 0 Å². The largest absolute Gasteiger partial charge is 0.497 e. The van der Waals surface area contributed by atoms with Gasteiger partial charge in [0, 0.05) is 35.4 Å².